The fourth-order valence-electron chi connectivity index (χ4n) is 2.28. The first-order valence-electron chi connectivity index (χ1n) is 7.11. The van der Waals surface area contributed by atoms with E-state index < -0.39 is 0 Å². The Kier molecular flexibility index (Phi) is 5.70. The van der Waals surface area contributed by atoms with Crippen LogP contribution in [0.25, 0.3) is 0 Å². The van der Waals surface area contributed by atoms with Crippen LogP contribution in [-0.2, 0) is 19.9 Å². The molecule has 1 unspecified atom stereocenters. The Hall–Kier alpha value is -1.46. The molecule has 0 spiro atoms. The van der Waals surface area contributed by atoms with Crippen molar-refractivity contribution >= 4 is 11.6 Å². The number of hydrogen-bond donors (Lipinski definition) is 1. The van der Waals surface area contributed by atoms with Gasteiger partial charge in [-0.05, 0) is 31.5 Å². The van der Waals surface area contributed by atoms with E-state index in [-0.39, 0.29) is 11.9 Å². The molecule has 114 valence electrons. The lowest BCUT2D eigenvalue weighted by molar-refractivity contribution is 0.488. The molecule has 1 heterocycles. The van der Waals surface area contributed by atoms with Gasteiger partial charge in [-0.2, -0.15) is 0 Å². The first kappa shape index (κ1) is 15.9. The van der Waals surface area contributed by atoms with Crippen molar-refractivity contribution in [2.75, 3.05) is 6.54 Å². The maximum Gasteiger partial charge on any atom is 0.127 e. The van der Waals surface area contributed by atoms with Gasteiger partial charge in [0.05, 0.1) is 5.69 Å². The van der Waals surface area contributed by atoms with Crippen molar-refractivity contribution in [3.8, 4) is 0 Å². The smallest absolute Gasteiger partial charge is 0.127 e. The van der Waals surface area contributed by atoms with Crippen LogP contribution in [0.15, 0.2) is 24.4 Å². The normalized spacial score (nSPS) is 12.6. The fraction of sp³-hybridized carbons (Fsp3) is 0.467. The van der Waals surface area contributed by atoms with Gasteiger partial charge < -0.3 is 5.32 Å². The Morgan fingerprint density at radius 2 is 2.19 bits per heavy atom. The number of rotatable bonds is 7. The number of aromatic nitrogens is 3. The molecule has 1 atom stereocenters. The minimum absolute atomic E-state index is 0.0797. The van der Waals surface area contributed by atoms with Crippen molar-refractivity contribution in [3.63, 3.8) is 0 Å². The van der Waals surface area contributed by atoms with Crippen LogP contribution in [0.3, 0.4) is 0 Å². The molecule has 0 saturated heterocycles. The monoisotopic (exact) mass is 310 g/mol. The van der Waals surface area contributed by atoms with Crippen LogP contribution in [0.4, 0.5) is 4.39 Å². The largest absolute Gasteiger partial charge is 0.313 e. The summed E-state index contributed by atoms with van der Waals surface area (Å²) in [6, 6.07) is 4.87. The first-order chi connectivity index (χ1) is 10.1. The Bertz CT molecular complexity index is 565. The number of benzene rings is 1. The molecule has 1 N–H and O–H groups in total. The molecule has 0 aliphatic carbocycles. The second-order valence-corrected chi connectivity index (χ2v) is 5.55. The van der Waals surface area contributed by atoms with Crippen LogP contribution in [0.1, 0.15) is 24.6 Å². The van der Waals surface area contributed by atoms with Gasteiger partial charge in [0.1, 0.15) is 5.82 Å². The molecule has 2 aromatic rings. The van der Waals surface area contributed by atoms with Crippen molar-refractivity contribution in [2.24, 2.45) is 7.05 Å². The highest BCUT2D eigenvalue weighted by Crippen LogP contribution is 2.21. The predicted molar refractivity (Wildman–Crippen MR) is 81.9 cm³/mol. The van der Waals surface area contributed by atoms with E-state index in [1.807, 2.05) is 13.2 Å². The van der Waals surface area contributed by atoms with Crippen LogP contribution in [0.5, 0.6) is 0 Å². The second-order valence-electron chi connectivity index (χ2n) is 5.14. The molecule has 0 amide bonds. The van der Waals surface area contributed by atoms with Crippen LogP contribution >= 0.6 is 11.6 Å². The standard InChI is InChI=1S/C15H20ClFN4/c1-3-7-18-11(8-12-10-21(2)20-19-12)9-13-14(16)5-4-6-15(13)17/h4-6,10-11,18H,3,7-9H2,1-2H3. The summed E-state index contributed by atoms with van der Waals surface area (Å²) >= 11 is 6.11. The fourth-order valence-corrected chi connectivity index (χ4v) is 2.52. The molecular formula is C15H20ClFN4. The summed E-state index contributed by atoms with van der Waals surface area (Å²) in [6.45, 7) is 2.97. The highest BCUT2D eigenvalue weighted by Gasteiger charge is 2.16. The van der Waals surface area contributed by atoms with Gasteiger partial charge in [-0.25, -0.2) is 4.39 Å². The molecule has 0 fully saturated rings. The number of nitrogens with zero attached hydrogens (tertiary/aromatic N) is 3. The summed E-state index contributed by atoms with van der Waals surface area (Å²) in [4.78, 5) is 0. The number of nitrogens with one attached hydrogen (secondary N) is 1. The lowest BCUT2D eigenvalue weighted by atomic mass is 10.0. The van der Waals surface area contributed by atoms with Crippen molar-refractivity contribution in [1.82, 2.24) is 20.3 Å². The van der Waals surface area contributed by atoms with Crippen LogP contribution < -0.4 is 5.32 Å². The highest BCUT2D eigenvalue weighted by atomic mass is 35.5. The molecule has 1 aromatic carbocycles. The minimum Gasteiger partial charge on any atom is -0.313 e. The SMILES string of the molecule is CCCNC(Cc1cn(C)nn1)Cc1c(F)cccc1Cl. The number of hydrogen-bond acceptors (Lipinski definition) is 3. The lowest BCUT2D eigenvalue weighted by Gasteiger charge is -2.18. The highest BCUT2D eigenvalue weighted by molar-refractivity contribution is 6.31. The van der Waals surface area contributed by atoms with E-state index >= 15 is 0 Å². The summed E-state index contributed by atoms with van der Waals surface area (Å²) in [6.07, 6.45) is 4.12. The molecule has 0 radical (unpaired) electrons. The van der Waals surface area contributed by atoms with Gasteiger partial charge in [0.2, 0.25) is 0 Å². The van der Waals surface area contributed by atoms with E-state index in [4.69, 9.17) is 11.6 Å². The van der Waals surface area contributed by atoms with Crippen molar-refractivity contribution in [1.29, 1.82) is 0 Å². The van der Waals surface area contributed by atoms with E-state index in [1.54, 1.807) is 16.8 Å². The molecule has 0 bridgehead atoms. The van der Waals surface area contributed by atoms with Gasteiger partial charge in [0.15, 0.2) is 0 Å². The zero-order chi connectivity index (χ0) is 15.2. The van der Waals surface area contributed by atoms with Crippen molar-refractivity contribution < 1.29 is 4.39 Å². The lowest BCUT2D eigenvalue weighted by Crippen LogP contribution is -2.34. The van der Waals surface area contributed by atoms with Crippen molar-refractivity contribution in [2.45, 2.75) is 32.2 Å². The van der Waals surface area contributed by atoms with E-state index in [0.29, 0.717) is 23.4 Å². The third-order valence-corrected chi connectivity index (χ3v) is 3.65. The predicted octanol–water partition coefficient (Wildman–Crippen LogP) is 2.76. The van der Waals surface area contributed by atoms with Gasteiger partial charge in [0.25, 0.3) is 0 Å². The van der Waals surface area contributed by atoms with E-state index in [9.17, 15) is 4.39 Å². The summed E-state index contributed by atoms with van der Waals surface area (Å²) in [5.41, 5.74) is 1.44. The Labute approximate surface area is 129 Å². The van der Waals surface area contributed by atoms with Crippen LogP contribution in [0, 0.1) is 5.82 Å². The molecule has 2 rings (SSSR count). The molecular weight excluding hydrogens is 291 g/mol. The van der Waals surface area contributed by atoms with E-state index in [1.165, 1.54) is 6.07 Å². The Morgan fingerprint density at radius 3 is 2.81 bits per heavy atom. The summed E-state index contributed by atoms with van der Waals surface area (Å²) < 4.78 is 15.6. The van der Waals surface area contributed by atoms with Crippen molar-refractivity contribution in [3.05, 3.63) is 46.5 Å². The topological polar surface area (TPSA) is 42.7 Å². The van der Waals surface area contributed by atoms with Crippen LogP contribution in [-0.4, -0.2) is 27.6 Å². The van der Waals surface area contributed by atoms with E-state index in [2.05, 4.69) is 22.6 Å². The van der Waals surface area contributed by atoms with Gasteiger partial charge in [-0.15, -0.1) is 5.10 Å². The van der Waals surface area contributed by atoms with Gasteiger partial charge in [0, 0.05) is 36.3 Å². The molecule has 1 aromatic heterocycles. The summed E-state index contributed by atoms with van der Waals surface area (Å²) in [5.74, 6) is -0.259. The number of halogens is 2. The molecule has 0 aliphatic rings. The van der Waals surface area contributed by atoms with Gasteiger partial charge in [-0.3, -0.25) is 4.68 Å². The summed E-state index contributed by atoms with van der Waals surface area (Å²) in [7, 11) is 1.83. The van der Waals surface area contributed by atoms with Gasteiger partial charge >= 0.3 is 0 Å². The van der Waals surface area contributed by atoms with Crippen LogP contribution in [0.2, 0.25) is 5.02 Å². The minimum atomic E-state index is -0.259. The Morgan fingerprint density at radius 1 is 1.38 bits per heavy atom. The third kappa shape index (κ3) is 4.51. The molecule has 21 heavy (non-hydrogen) atoms. The number of aryl methyl sites for hydroxylation is 1. The molecule has 0 saturated carbocycles. The molecule has 4 nitrogen and oxygen atoms in total. The average Bonchev–Trinajstić information content (AvgIpc) is 2.85. The Balaban J connectivity index is 2.12. The molecule has 0 aliphatic heterocycles. The quantitative estimate of drug-likeness (QED) is 0.855. The second kappa shape index (κ2) is 7.52. The first-order valence-corrected chi connectivity index (χ1v) is 7.49. The zero-order valence-corrected chi connectivity index (χ0v) is 13.1. The molecule has 6 heteroatoms. The average molecular weight is 311 g/mol. The maximum absolute atomic E-state index is 13.9. The maximum atomic E-state index is 13.9. The van der Waals surface area contributed by atoms with Gasteiger partial charge in [-0.1, -0.05) is 29.8 Å². The third-order valence-electron chi connectivity index (χ3n) is 3.30. The zero-order valence-electron chi connectivity index (χ0n) is 12.3. The summed E-state index contributed by atoms with van der Waals surface area (Å²) in [5, 5.41) is 11.9. The van der Waals surface area contributed by atoms with E-state index in [0.717, 1.165) is 18.7 Å².